The topological polar surface area (TPSA) is 67.3 Å². The highest BCUT2D eigenvalue weighted by Crippen LogP contribution is 2.33. The zero-order chi connectivity index (χ0) is 17.8. The summed E-state index contributed by atoms with van der Waals surface area (Å²) < 4.78 is 7.81. The van der Waals surface area contributed by atoms with Gasteiger partial charge in [0.15, 0.2) is 0 Å². The number of carbonyl (C=O) groups excluding carboxylic acids is 1. The average Bonchev–Trinajstić information content (AvgIpc) is 3.23. The summed E-state index contributed by atoms with van der Waals surface area (Å²) in [5, 5.41) is 4.18. The smallest absolute Gasteiger partial charge is 0.221 e. The third kappa shape index (κ3) is 3.65. The Morgan fingerprint density at radius 1 is 1.36 bits per heavy atom. The van der Waals surface area contributed by atoms with Crippen LogP contribution < -0.4 is 20.9 Å². The Bertz CT molecular complexity index is 740. The molecule has 1 fully saturated rings. The van der Waals surface area contributed by atoms with Gasteiger partial charge in [-0.1, -0.05) is 19.4 Å². The number of hydrazine groups is 1. The van der Waals surface area contributed by atoms with Crippen molar-refractivity contribution in [2.75, 3.05) is 7.11 Å². The fourth-order valence-electron chi connectivity index (χ4n) is 3.55. The summed E-state index contributed by atoms with van der Waals surface area (Å²) in [6, 6.07) is 8.47. The zero-order valence-corrected chi connectivity index (χ0v) is 15.3. The summed E-state index contributed by atoms with van der Waals surface area (Å²) in [5.41, 5.74) is 8.92. The molecule has 1 aromatic heterocycles. The minimum atomic E-state index is -0.0421. The van der Waals surface area contributed by atoms with E-state index in [1.54, 1.807) is 7.11 Å². The molecular formula is C19H28N4O2. The zero-order valence-electron chi connectivity index (χ0n) is 15.3. The number of aromatic nitrogens is 1. The number of hydrogen-bond donors (Lipinski definition) is 3. The Balaban J connectivity index is 1.77. The Labute approximate surface area is 148 Å². The number of fused-ring (bicyclic) bond motifs is 1. The molecular weight excluding hydrogens is 316 g/mol. The number of amides is 1. The molecule has 2 aromatic rings. The first-order valence-electron chi connectivity index (χ1n) is 9.14. The first kappa shape index (κ1) is 17.8. The van der Waals surface area contributed by atoms with Crippen molar-refractivity contribution in [3.05, 3.63) is 30.0 Å². The SMILES string of the molecule is CCCCC(=O)NC1CC(c2cc3c(OC)cccc3n2CC)NN1. The molecule has 1 aliphatic heterocycles. The Kier molecular flexibility index (Phi) is 5.60. The van der Waals surface area contributed by atoms with Crippen molar-refractivity contribution < 1.29 is 9.53 Å². The van der Waals surface area contributed by atoms with Crippen molar-refractivity contribution in [1.82, 2.24) is 20.7 Å². The third-order valence-corrected chi connectivity index (χ3v) is 4.83. The standard InChI is InChI=1S/C19H28N4O2/c1-4-6-10-19(24)20-18-12-14(21-22-18)16-11-13-15(23(16)5-2)8-7-9-17(13)25-3/h7-9,11,14,18,21-22H,4-6,10,12H2,1-3H3,(H,20,24). The van der Waals surface area contributed by atoms with E-state index in [0.29, 0.717) is 6.42 Å². The lowest BCUT2D eigenvalue weighted by Crippen LogP contribution is -2.44. The van der Waals surface area contributed by atoms with E-state index in [2.05, 4.69) is 46.7 Å². The molecule has 1 aromatic carbocycles. The van der Waals surface area contributed by atoms with Gasteiger partial charge in [-0.05, 0) is 31.5 Å². The Morgan fingerprint density at radius 2 is 2.20 bits per heavy atom. The van der Waals surface area contributed by atoms with Gasteiger partial charge < -0.3 is 14.6 Å². The fraction of sp³-hybridized carbons (Fsp3) is 0.526. The maximum Gasteiger partial charge on any atom is 0.221 e. The van der Waals surface area contributed by atoms with Gasteiger partial charge in [0.05, 0.1) is 24.8 Å². The molecule has 6 nitrogen and oxygen atoms in total. The summed E-state index contributed by atoms with van der Waals surface area (Å²) in [5.74, 6) is 1.00. The van der Waals surface area contributed by atoms with Crippen molar-refractivity contribution in [2.24, 2.45) is 0 Å². The number of nitrogens with zero attached hydrogens (tertiary/aromatic N) is 1. The van der Waals surface area contributed by atoms with E-state index in [4.69, 9.17) is 4.74 Å². The fourth-order valence-corrected chi connectivity index (χ4v) is 3.55. The second kappa shape index (κ2) is 7.89. The highest BCUT2D eigenvalue weighted by Gasteiger charge is 2.29. The van der Waals surface area contributed by atoms with E-state index < -0.39 is 0 Å². The third-order valence-electron chi connectivity index (χ3n) is 4.83. The van der Waals surface area contributed by atoms with E-state index in [1.807, 2.05) is 12.1 Å². The summed E-state index contributed by atoms with van der Waals surface area (Å²) in [4.78, 5) is 11.9. The molecule has 1 saturated heterocycles. The molecule has 6 heteroatoms. The van der Waals surface area contributed by atoms with Gasteiger partial charge >= 0.3 is 0 Å². The van der Waals surface area contributed by atoms with E-state index in [9.17, 15) is 4.79 Å². The molecule has 25 heavy (non-hydrogen) atoms. The van der Waals surface area contributed by atoms with E-state index >= 15 is 0 Å². The van der Waals surface area contributed by atoms with Crippen LogP contribution >= 0.6 is 0 Å². The van der Waals surface area contributed by atoms with Gasteiger partial charge in [0.1, 0.15) is 5.75 Å². The number of unbranched alkanes of at least 4 members (excludes halogenated alkanes) is 1. The predicted octanol–water partition coefficient (Wildman–Crippen LogP) is 2.84. The molecule has 2 unspecified atom stereocenters. The van der Waals surface area contributed by atoms with Crippen LogP contribution in [-0.4, -0.2) is 23.7 Å². The molecule has 136 valence electrons. The molecule has 3 rings (SSSR count). The summed E-state index contributed by atoms with van der Waals surface area (Å²) in [7, 11) is 1.70. The van der Waals surface area contributed by atoms with Crippen LogP contribution in [0.1, 0.15) is 51.3 Å². The average molecular weight is 344 g/mol. The number of benzene rings is 1. The first-order valence-corrected chi connectivity index (χ1v) is 9.14. The molecule has 1 aliphatic rings. The van der Waals surface area contributed by atoms with Crippen molar-refractivity contribution in [3.8, 4) is 5.75 Å². The molecule has 3 N–H and O–H groups in total. The lowest BCUT2D eigenvalue weighted by molar-refractivity contribution is -0.122. The molecule has 2 heterocycles. The highest BCUT2D eigenvalue weighted by atomic mass is 16.5. The number of ether oxygens (including phenoxy) is 1. The van der Waals surface area contributed by atoms with Crippen LogP contribution in [0.5, 0.6) is 5.75 Å². The van der Waals surface area contributed by atoms with Crippen LogP contribution in [0.3, 0.4) is 0 Å². The van der Waals surface area contributed by atoms with Crippen LogP contribution in [0.4, 0.5) is 0 Å². The predicted molar refractivity (Wildman–Crippen MR) is 99.2 cm³/mol. The van der Waals surface area contributed by atoms with Crippen molar-refractivity contribution >= 4 is 16.8 Å². The van der Waals surface area contributed by atoms with Gasteiger partial charge in [-0.2, -0.15) is 0 Å². The van der Waals surface area contributed by atoms with Gasteiger partial charge in [0.2, 0.25) is 5.91 Å². The molecule has 0 aliphatic carbocycles. The number of hydrogen-bond acceptors (Lipinski definition) is 4. The minimum Gasteiger partial charge on any atom is -0.496 e. The second-order valence-corrected chi connectivity index (χ2v) is 6.51. The summed E-state index contributed by atoms with van der Waals surface area (Å²) >= 11 is 0. The summed E-state index contributed by atoms with van der Waals surface area (Å²) in [6.45, 7) is 5.13. The molecule has 1 amide bonds. The molecule has 0 saturated carbocycles. The first-order chi connectivity index (χ1) is 12.2. The van der Waals surface area contributed by atoms with Gasteiger partial charge in [-0.3, -0.25) is 4.79 Å². The molecule has 0 radical (unpaired) electrons. The van der Waals surface area contributed by atoms with Gasteiger partial charge in [0, 0.05) is 30.5 Å². The maximum absolute atomic E-state index is 11.9. The minimum absolute atomic E-state index is 0.0421. The van der Waals surface area contributed by atoms with Crippen LogP contribution in [0.15, 0.2) is 24.3 Å². The van der Waals surface area contributed by atoms with Crippen LogP contribution in [0.2, 0.25) is 0 Å². The summed E-state index contributed by atoms with van der Waals surface area (Å²) in [6.07, 6.45) is 3.33. The number of nitrogens with one attached hydrogen (secondary N) is 3. The lowest BCUT2D eigenvalue weighted by Gasteiger charge is -2.14. The maximum atomic E-state index is 11.9. The quantitative estimate of drug-likeness (QED) is 0.722. The largest absolute Gasteiger partial charge is 0.496 e. The van der Waals surface area contributed by atoms with Gasteiger partial charge in [-0.15, -0.1) is 0 Å². The number of methoxy groups -OCH3 is 1. The lowest BCUT2D eigenvalue weighted by atomic mass is 10.1. The normalized spacial score (nSPS) is 20.1. The number of carbonyl (C=O) groups is 1. The molecule has 0 bridgehead atoms. The van der Waals surface area contributed by atoms with E-state index in [-0.39, 0.29) is 18.1 Å². The Morgan fingerprint density at radius 3 is 2.92 bits per heavy atom. The van der Waals surface area contributed by atoms with Crippen molar-refractivity contribution in [3.63, 3.8) is 0 Å². The van der Waals surface area contributed by atoms with Crippen molar-refractivity contribution in [1.29, 1.82) is 0 Å². The van der Waals surface area contributed by atoms with E-state index in [0.717, 1.165) is 36.9 Å². The van der Waals surface area contributed by atoms with Crippen LogP contribution in [0.25, 0.3) is 10.9 Å². The van der Waals surface area contributed by atoms with Gasteiger partial charge in [-0.25, -0.2) is 10.9 Å². The number of rotatable bonds is 7. The molecule has 0 spiro atoms. The second-order valence-electron chi connectivity index (χ2n) is 6.51. The van der Waals surface area contributed by atoms with Crippen LogP contribution in [0, 0.1) is 0 Å². The monoisotopic (exact) mass is 344 g/mol. The Hall–Kier alpha value is -2.05. The van der Waals surface area contributed by atoms with Crippen molar-refractivity contribution in [2.45, 2.75) is 58.3 Å². The van der Waals surface area contributed by atoms with Gasteiger partial charge in [0.25, 0.3) is 0 Å². The molecule has 2 atom stereocenters. The highest BCUT2D eigenvalue weighted by molar-refractivity contribution is 5.87. The van der Waals surface area contributed by atoms with Crippen LogP contribution in [-0.2, 0) is 11.3 Å². The van der Waals surface area contributed by atoms with E-state index in [1.165, 1.54) is 11.2 Å². The number of aryl methyl sites for hydroxylation is 1.